The summed E-state index contributed by atoms with van der Waals surface area (Å²) in [6.07, 6.45) is 85.0. The molecule has 0 aliphatic rings. The van der Waals surface area contributed by atoms with Crippen LogP contribution in [0.1, 0.15) is 194 Å². The summed E-state index contributed by atoms with van der Waals surface area (Å²) in [7, 11) is 1.52. The Hall–Kier alpha value is -3.88. The van der Waals surface area contributed by atoms with Gasteiger partial charge in [-0.1, -0.05) is 230 Å². The zero-order valence-corrected chi connectivity index (χ0v) is 48.4. The highest BCUT2D eigenvalue weighted by atomic mass is 31.2. The van der Waals surface area contributed by atoms with Crippen LogP contribution in [0.15, 0.2) is 158 Å². The maximum Gasteiger partial charge on any atom is 0.472 e. The van der Waals surface area contributed by atoms with Crippen LogP contribution in [0.4, 0.5) is 0 Å². The number of rotatable bonds is 50. The number of allylic oxidation sites excluding steroid dienone is 25. The average Bonchev–Trinajstić information content (AvgIpc) is 3.36. The standard InChI is InChI=1S/C65H107N2O6P/c1-6-8-10-12-14-16-18-19-20-21-22-23-24-25-26-27-28-29-30-31-32-33-34-35-36-37-38-39-40-41-42-43-44-45-46-47-49-51-53-55-57-59-65(69)66-63(62-73-74(70,71)72-61-60-67(3,4)5)64(68)58-56-54-52-50-48-17-15-13-11-9-7-2/h8,10,14,16,19-20,22-23,25-26,28-29,31-32,34-35,37-38,40-41,43-44,48,50,56,58,63-64,68H,6-7,9,11-13,15,17-18,21,24,27,30,33,36,39,42,45-47,49,51-55,57,59-62H2,1-5H3,(H-,66,69,70,71)/p+1/b10-8-,16-14-,20-19-,23-22-,26-25-,29-28-,32-31-,35-34-,38-37-,41-40-,44-43-,50-48+,58-56+. The van der Waals surface area contributed by atoms with Crippen molar-refractivity contribution in [2.75, 3.05) is 40.9 Å². The molecule has 74 heavy (non-hydrogen) atoms. The molecule has 0 aliphatic carbocycles. The van der Waals surface area contributed by atoms with E-state index in [1.54, 1.807) is 6.08 Å². The number of unbranched alkanes of at least 4 members (excludes halogenated alkanes) is 13. The summed E-state index contributed by atoms with van der Waals surface area (Å²) in [6.45, 7) is 4.61. The molecule has 418 valence electrons. The first-order valence-corrected chi connectivity index (χ1v) is 30.4. The summed E-state index contributed by atoms with van der Waals surface area (Å²) in [5.74, 6) is -0.207. The van der Waals surface area contributed by atoms with Crippen molar-refractivity contribution in [1.29, 1.82) is 0 Å². The number of aliphatic hydroxyl groups excluding tert-OH is 1. The number of carbonyl (C=O) groups is 1. The minimum Gasteiger partial charge on any atom is -0.387 e. The van der Waals surface area contributed by atoms with Crippen LogP contribution in [0.2, 0.25) is 0 Å². The third-order valence-corrected chi connectivity index (χ3v) is 12.7. The van der Waals surface area contributed by atoms with E-state index in [4.69, 9.17) is 9.05 Å². The van der Waals surface area contributed by atoms with E-state index < -0.39 is 20.0 Å². The maximum absolute atomic E-state index is 12.9. The van der Waals surface area contributed by atoms with E-state index >= 15 is 0 Å². The number of hydrogen-bond acceptors (Lipinski definition) is 5. The Morgan fingerprint density at radius 3 is 1.24 bits per heavy atom. The van der Waals surface area contributed by atoms with Crippen molar-refractivity contribution in [3.05, 3.63) is 158 Å². The highest BCUT2D eigenvalue weighted by molar-refractivity contribution is 7.47. The van der Waals surface area contributed by atoms with Crippen molar-refractivity contribution in [3.63, 3.8) is 0 Å². The number of hydrogen-bond donors (Lipinski definition) is 3. The Morgan fingerprint density at radius 1 is 0.473 bits per heavy atom. The van der Waals surface area contributed by atoms with Gasteiger partial charge in [-0.15, -0.1) is 0 Å². The van der Waals surface area contributed by atoms with E-state index in [0.29, 0.717) is 17.4 Å². The first-order valence-electron chi connectivity index (χ1n) is 28.9. The summed E-state index contributed by atoms with van der Waals surface area (Å²) in [6, 6.07) is -0.879. The number of carbonyl (C=O) groups excluding carboxylic acids is 1. The monoisotopic (exact) mass is 1040 g/mol. The van der Waals surface area contributed by atoms with Crippen LogP contribution in [-0.4, -0.2) is 73.4 Å². The molecule has 0 aliphatic heterocycles. The van der Waals surface area contributed by atoms with E-state index in [1.807, 2.05) is 27.2 Å². The van der Waals surface area contributed by atoms with Crippen molar-refractivity contribution < 1.29 is 32.9 Å². The van der Waals surface area contributed by atoms with Gasteiger partial charge in [-0.25, -0.2) is 4.57 Å². The average molecular weight is 1040 g/mol. The molecule has 1 amide bonds. The van der Waals surface area contributed by atoms with Gasteiger partial charge in [0.25, 0.3) is 0 Å². The minimum absolute atomic E-state index is 0.0454. The van der Waals surface area contributed by atoms with Gasteiger partial charge in [0.05, 0.1) is 39.9 Å². The number of amides is 1. The molecule has 0 heterocycles. The zero-order chi connectivity index (χ0) is 54.2. The molecule has 0 saturated heterocycles. The lowest BCUT2D eigenvalue weighted by Gasteiger charge is -2.25. The number of aliphatic hydroxyl groups is 1. The molecule has 3 atom stereocenters. The Kier molecular flexibility index (Phi) is 51.1. The topological polar surface area (TPSA) is 105 Å². The van der Waals surface area contributed by atoms with E-state index in [1.165, 1.54) is 51.4 Å². The molecular weight excluding hydrogens is 936 g/mol. The van der Waals surface area contributed by atoms with Gasteiger partial charge in [-0.2, -0.15) is 0 Å². The quantitative estimate of drug-likeness (QED) is 0.0243. The third kappa shape index (κ3) is 55.9. The van der Waals surface area contributed by atoms with Gasteiger partial charge >= 0.3 is 7.82 Å². The van der Waals surface area contributed by atoms with Crippen molar-refractivity contribution in [3.8, 4) is 0 Å². The lowest BCUT2D eigenvalue weighted by molar-refractivity contribution is -0.870. The van der Waals surface area contributed by atoms with Crippen LogP contribution < -0.4 is 5.32 Å². The smallest absolute Gasteiger partial charge is 0.387 e. The molecule has 0 fully saturated rings. The molecule has 8 nitrogen and oxygen atoms in total. The third-order valence-electron chi connectivity index (χ3n) is 11.7. The Morgan fingerprint density at radius 2 is 0.824 bits per heavy atom. The molecule has 0 spiro atoms. The van der Waals surface area contributed by atoms with E-state index in [2.05, 4.69) is 165 Å². The second-order valence-electron chi connectivity index (χ2n) is 19.9. The van der Waals surface area contributed by atoms with Crippen LogP contribution in [0.3, 0.4) is 0 Å². The number of nitrogens with zero attached hydrogens (tertiary/aromatic N) is 1. The lowest BCUT2D eigenvalue weighted by atomic mass is 10.1. The molecule has 3 unspecified atom stereocenters. The SMILES string of the molecule is CC/C=C\C/C=C\C/C=C\C/C=C\C/C=C\C/C=C\C/C=C\C/C=C\C/C=C\C/C=C\C/C=C\CCCCCCCCCC(=O)NC(COP(=O)(O)OCC[N+](C)(C)C)C(O)/C=C/CC/C=C/CCCCCCC. The summed E-state index contributed by atoms with van der Waals surface area (Å²) in [4.78, 5) is 23.2. The van der Waals surface area contributed by atoms with Crippen LogP contribution >= 0.6 is 7.82 Å². The van der Waals surface area contributed by atoms with Crippen molar-refractivity contribution >= 4 is 13.7 Å². The second-order valence-corrected chi connectivity index (χ2v) is 21.4. The molecule has 0 aromatic heterocycles. The predicted molar refractivity (Wildman–Crippen MR) is 322 cm³/mol. The van der Waals surface area contributed by atoms with E-state index in [0.717, 1.165) is 122 Å². The lowest BCUT2D eigenvalue weighted by Crippen LogP contribution is -2.45. The van der Waals surface area contributed by atoms with E-state index in [9.17, 15) is 19.4 Å². The largest absolute Gasteiger partial charge is 0.472 e. The summed E-state index contributed by atoms with van der Waals surface area (Å²) in [5, 5.41) is 13.8. The van der Waals surface area contributed by atoms with Gasteiger partial charge in [0.15, 0.2) is 0 Å². The Bertz CT molecular complexity index is 1750. The van der Waals surface area contributed by atoms with Crippen molar-refractivity contribution in [1.82, 2.24) is 5.32 Å². The fourth-order valence-corrected chi connectivity index (χ4v) is 7.97. The van der Waals surface area contributed by atoms with Gasteiger partial charge < -0.3 is 19.8 Å². The highest BCUT2D eigenvalue weighted by Crippen LogP contribution is 2.43. The van der Waals surface area contributed by atoms with E-state index in [-0.39, 0.29) is 19.1 Å². The van der Waals surface area contributed by atoms with Gasteiger partial charge in [-0.3, -0.25) is 13.8 Å². The van der Waals surface area contributed by atoms with Gasteiger partial charge in [0, 0.05) is 6.42 Å². The van der Waals surface area contributed by atoms with Gasteiger partial charge in [-0.05, 0) is 116 Å². The Balaban J connectivity index is 4.13. The number of likely N-dealkylation sites (N-methyl/N-ethyl adjacent to an activating group) is 1. The number of quaternary nitrogens is 1. The summed E-state index contributed by atoms with van der Waals surface area (Å²) >= 11 is 0. The first kappa shape index (κ1) is 70.1. The predicted octanol–water partition coefficient (Wildman–Crippen LogP) is 17.9. The fraction of sp³-hybridized carbons (Fsp3) is 0.585. The zero-order valence-electron chi connectivity index (χ0n) is 47.5. The van der Waals surface area contributed by atoms with Crippen LogP contribution in [0, 0.1) is 0 Å². The maximum atomic E-state index is 12.9. The molecule has 0 aromatic carbocycles. The molecule has 0 radical (unpaired) electrons. The normalized spacial score (nSPS) is 15.1. The fourth-order valence-electron chi connectivity index (χ4n) is 7.24. The number of nitrogens with one attached hydrogen (secondary N) is 1. The highest BCUT2D eigenvalue weighted by Gasteiger charge is 2.27. The summed E-state index contributed by atoms with van der Waals surface area (Å²) < 4.78 is 23.6. The molecule has 3 N–H and O–H groups in total. The first-order chi connectivity index (χ1) is 36.0. The van der Waals surface area contributed by atoms with Crippen molar-refractivity contribution in [2.24, 2.45) is 0 Å². The van der Waals surface area contributed by atoms with Gasteiger partial charge in [0.2, 0.25) is 5.91 Å². The van der Waals surface area contributed by atoms with Gasteiger partial charge in [0.1, 0.15) is 13.2 Å². The number of phosphoric acid groups is 1. The van der Waals surface area contributed by atoms with Crippen LogP contribution in [0.25, 0.3) is 0 Å². The number of phosphoric ester groups is 1. The molecule has 9 heteroatoms. The molecule has 0 aromatic rings. The Labute approximate surface area is 454 Å². The summed E-state index contributed by atoms with van der Waals surface area (Å²) in [5.41, 5.74) is 0. The molecular formula is C65H108N2O6P+. The molecule has 0 rings (SSSR count). The van der Waals surface area contributed by atoms with Crippen LogP contribution in [0.5, 0.6) is 0 Å². The molecule has 0 saturated carbocycles. The van der Waals surface area contributed by atoms with Crippen LogP contribution in [-0.2, 0) is 18.4 Å². The second kappa shape index (κ2) is 53.9. The van der Waals surface area contributed by atoms with Crippen molar-refractivity contribution in [2.45, 2.75) is 206 Å². The minimum atomic E-state index is -4.36. The molecule has 0 bridgehead atoms.